The summed E-state index contributed by atoms with van der Waals surface area (Å²) in [5.41, 5.74) is 0.116. The molecular formula is C11H17NO. The molecule has 2 aliphatic carbocycles. The monoisotopic (exact) mass is 179 g/mol. The Morgan fingerprint density at radius 3 is 2.31 bits per heavy atom. The second-order valence-corrected chi connectivity index (χ2v) is 5.01. The van der Waals surface area contributed by atoms with Crippen LogP contribution in [0.2, 0.25) is 0 Å². The molecular weight excluding hydrogens is 162 g/mol. The highest BCUT2D eigenvalue weighted by atomic mass is 16.2. The SMILES string of the molecule is O=C1NC(C2CCC2)C12CCCC2. The van der Waals surface area contributed by atoms with E-state index >= 15 is 0 Å². The minimum absolute atomic E-state index is 0.116. The fourth-order valence-electron chi connectivity index (χ4n) is 3.37. The van der Waals surface area contributed by atoms with E-state index in [2.05, 4.69) is 5.32 Å². The number of hydrogen-bond acceptors (Lipinski definition) is 1. The summed E-state index contributed by atoms with van der Waals surface area (Å²) < 4.78 is 0. The van der Waals surface area contributed by atoms with Crippen molar-refractivity contribution in [2.24, 2.45) is 11.3 Å². The Labute approximate surface area is 79.1 Å². The molecule has 3 fully saturated rings. The van der Waals surface area contributed by atoms with Gasteiger partial charge < -0.3 is 5.32 Å². The van der Waals surface area contributed by atoms with Gasteiger partial charge in [-0.3, -0.25) is 4.79 Å². The predicted molar refractivity (Wildman–Crippen MR) is 50.2 cm³/mol. The standard InChI is InChI=1S/C11H17NO/c13-10-11(6-1-2-7-11)9(12-10)8-4-3-5-8/h8-9H,1-7H2,(H,12,13). The lowest BCUT2D eigenvalue weighted by Gasteiger charge is -2.52. The molecule has 72 valence electrons. The van der Waals surface area contributed by atoms with E-state index in [4.69, 9.17) is 0 Å². The average Bonchev–Trinajstić information content (AvgIpc) is 2.50. The van der Waals surface area contributed by atoms with Crippen molar-refractivity contribution in [1.82, 2.24) is 5.32 Å². The van der Waals surface area contributed by atoms with E-state index < -0.39 is 0 Å². The van der Waals surface area contributed by atoms with Crippen molar-refractivity contribution in [2.45, 2.75) is 51.0 Å². The van der Waals surface area contributed by atoms with Crippen molar-refractivity contribution in [3.05, 3.63) is 0 Å². The summed E-state index contributed by atoms with van der Waals surface area (Å²) in [4.78, 5) is 11.6. The zero-order chi connectivity index (χ0) is 8.89. The van der Waals surface area contributed by atoms with Gasteiger partial charge in [0.15, 0.2) is 0 Å². The normalized spacial score (nSPS) is 36.9. The third-order valence-electron chi connectivity index (χ3n) is 4.45. The lowest BCUT2D eigenvalue weighted by molar-refractivity contribution is -0.150. The van der Waals surface area contributed by atoms with Gasteiger partial charge in [-0.05, 0) is 31.6 Å². The van der Waals surface area contributed by atoms with Crippen molar-refractivity contribution in [2.75, 3.05) is 0 Å². The molecule has 2 heteroatoms. The van der Waals surface area contributed by atoms with E-state index in [0.29, 0.717) is 11.9 Å². The summed E-state index contributed by atoms with van der Waals surface area (Å²) in [5.74, 6) is 1.19. The molecule has 2 saturated carbocycles. The van der Waals surface area contributed by atoms with Crippen LogP contribution >= 0.6 is 0 Å². The third-order valence-corrected chi connectivity index (χ3v) is 4.45. The Morgan fingerprint density at radius 1 is 1.15 bits per heavy atom. The first-order valence-electron chi connectivity index (χ1n) is 5.64. The maximum atomic E-state index is 11.6. The molecule has 1 N–H and O–H groups in total. The molecule has 0 aromatic rings. The van der Waals surface area contributed by atoms with E-state index in [-0.39, 0.29) is 5.41 Å². The minimum Gasteiger partial charge on any atom is -0.351 e. The highest BCUT2D eigenvalue weighted by molar-refractivity contribution is 5.90. The van der Waals surface area contributed by atoms with Crippen LogP contribution in [-0.4, -0.2) is 11.9 Å². The molecule has 1 amide bonds. The number of carbonyl (C=O) groups excluding carboxylic acids is 1. The molecule has 13 heavy (non-hydrogen) atoms. The maximum Gasteiger partial charge on any atom is 0.228 e. The second-order valence-electron chi connectivity index (χ2n) is 5.01. The highest BCUT2D eigenvalue weighted by Gasteiger charge is 2.58. The molecule has 1 saturated heterocycles. The number of amides is 1. The van der Waals surface area contributed by atoms with Gasteiger partial charge in [0, 0.05) is 6.04 Å². The van der Waals surface area contributed by atoms with Gasteiger partial charge in [-0.25, -0.2) is 0 Å². The van der Waals surface area contributed by atoms with E-state index in [1.54, 1.807) is 0 Å². The minimum atomic E-state index is 0.116. The molecule has 2 nitrogen and oxygen atoms in total. The number of rotatable bonds is 1. The van der Waals surface area contributed by atoms with Crippen LogP contribution in [0.5, 0.6) is 0 Å². The molecule has 3 aliphatic rings. The van der Waals surface area contributed by atoms with Gasteiger partial charge >= 0.3 is 0 Å². The van der Waals surface area contributed by atoms with Crippen LogP contribution in [0.1, 0.15) is 44.9 Å². The van der Waals surface area contributed by atoms with Crippen molar-refractivity contribution < 1.29 is 4.79 Å². The van der Waals surface area contributed by atoms with Gasteiger partial charge in [0.05, 0.1) is 5.41 Å². The molecule has 3 rings (SSSR count). The van der Waals surface area contributed by atoms with Gasteiger partial charge in [0.1, 0.15) is 0 Å². The van der Waals surface area contributed by atoms with Gasteiger partial charge in [-0.1, -0.05) is 19.3 Å². The lowest BCUT2D eigenvalue weighted by Crippen LogP contribution is -2.69. The van der Waals surface area contributed by atoms with Crippen LogP contribution in [0.15, 0.2) is 0 Å². The zero-order valence-corrected chi connectivity index (χ0v) is 8.01. The Hall–Kier alpha value is -0.530. The van der Waals surface area contributed by atoms with Gasteiger partial charge in [0.2, 0.25) is 5.91 Å². The van der Waals surface area contributed by atoms with Crippen molar-refractivity contribution >= 4 is 5.91 Å². The Balaban J connectivity index is 1.79. The topological polar surface area (TPSA) is 29.1 Å². The summed E-state index contributed by atoms with van der Waals surface area (Å²) >= 11 is 0. The predicted octanol–water partition coefficient (Wildman–Crippen LogP) is 1.85. The number of β-lactam (4-membered cyclic amide) rings is 1. The molecule has 1 atom stereocenters. The second kappa shape index (κ2) is 2.49. The van der Waals surface area contributed by atoms with Crippen LogP contribution in [0.25, 0.3) is 0 Å². The fourth-order valence-corrected chi connectivity index (χ4v) is 3.37. The molecule has 0 aromatic carbocycles. The first-order valence-corrected chi connectivity index (χ1v) is 5.64. The fraction of sp³-hybridized carbons (Fsp3) is 0.909. The van der Waals surface area contributed by atoms with E-state index in [1.807, 2.05) is 0 Å². The number of carbonyl (C=O) groups is 1. The Bertz CT molecular complexity index is 238. The molecule has 0 radical (unpaired) electrons. The maximum absolute atomic E-state index is 11.6. The molecule has 1 aliphatic heterocycles. The zero-order valence-electron chi connectivity index (χ0n) is 8.01. The first-order chi connectivity index (χ1) is 6.33. The molecule has 1 heterocycles. The van der Waals surface area contributed by atoms with Gasteiger partial charge in [0.25, 0.3) is 0 Å². The number of hydrogen-bond donors (Lipinski definition) is 1. The average molecular weight is 179 g/mol. The Kier molecular flexibility index (Phi) is 1.50. The summed E-state index contributed by atoms with van der Waals surface area (Å²) in [5, 5.41) is 3.14. The summed E-state index contributed by atoms with van der Waals surface area (Å²) in [6, 6.07) is 0.566. The lowest BCUT2D eigenvalue weighted by atomic mass is 9.61. The van der Waals surface area contributed by atoms with Crippen molar-refractivity contribution in [1.29, 1.82) is 0 Å². The molecule has 1 unspecified atom stereocenters. The van der Waals surface area contributed by atoms with Crippen molar-refractivity contribution in [3.8, 4) is 0 Å². The quantitative estimate of drug-likeness (QED) is 0.611. The molecule has 1 spiro atoms. The first kappa shape index (κ1) is 7.84. The molecule has 0 aromatic heterocycles. The van der Waals surface area contributed by atoms with E-state index in [0.717, 1.165) is 5.92 Å². The van der Waals surface area contributed by atoms with Gasteiger partial charge in [-0.2, -0.15) is 0 Å². The molecule has 0 bridgehead atoms. The van der Waals surface area contributed by atoms with Crippen LogP contribution in [0.3, 0.4) is 0 Å². The van der Waals surface area contributed by atoms with Crippen LogP contribution in [0.4, 0.5) is 0 Å². The largest absolute Gasteiger partial charge is 0.351 e. The smallest absolute Gasteiger partial charge is 0.228 e. The van der Waals surface area contributed by atoms with E-state index in [9.17, 15) is 4.79 Å². The summed E-state index contributed by atoms with van der Waals surface area (Å²) in [7, 11) is 0. The number of nitrogens with one attached hydrogen (secondary N) is 1. The van der Waals surface area contributed by atoms with Crippen LogP contribution < -0.4 is 5.32 Å². The van der Waals surface area contributed by atoms with Crippen molar-refractivity contribution in [3.63, 3.8) is 0 Å². The Morgan fingerprint density at radius 2 is 1.85 bits per heavy atom. The summed E-state index contributed by atoms with van der Waals surface area (Å²) in [6.07, 6.45) is 8.97. The third kappa shape index (κ3) is 0.866. The highest BCUT2D eigenvalue weighted by Crippen LogP contribution is 2.52. The van der Waals surface area contributed by atoms with Crippen LogP contribution in [-0.2, 0) is 4.79 Å². The van der Waals surface area contributed by atoms with E-state index in [1.165, 1.54) is 44.9 Å². The van der Waals surface area contributed by atoms with Gasteiger partial charge in [-0.15, -0.1) is 0 Å². The summed E-state index contributed by atoms with van der Waals surface area (Å²) in [6.45, 7) is 0. The van der Waals surface area contributed by atoms with Crippen LogP contribution in [0, 0.1) is 11.3 Å².